The molecule has 1 amide bonds. The molecule has 0 aliphatic heterocycles. The average molecular weight is 242 g/mol. The molecule has 0 fully saturated rings. The summed E-state index contributed by atoms with van der Waals surface area (Å²) in [5, 5.41) is 2.89. The van der Waals surface area contributed by atoms with Gasteiger partial charge in [-0.3, -0.25) is 9.59 Å². The zero-order chi connectivity index (χ0) is 12.0. The number of ether oxygens (including phenoxy) is 1. The van der Waals surface area contributed by atoms with Crippen LogP contribution in [0.4, 0.5) is 0 Å². The van der Waals surface area contributed by atoms with Gasteiger partial charge < -0.3 is 10.1 Å². The molecule has 1 rings (SSSR count). The second-order valence-electron chi connectivity index (χ2n) is 3.14. The fourth-order valence-electron chi connectivity index (χ4n) is 1.04. The van der Waals surface area contributed by atoms with Crippen molar-refractivity contribution in [1.29, 1.82) is 0 Å². The van der Waals surface area contributed by atoms with Gasteiger partial charge in [0.05, 0.1) is 11.4 Å². The third-order valence-electron chi connectivity index (χ3n) is 1.76. The molecule has 16 heavy (non-hydrogen) atoms. The predicted molar refractivity (Wildman–Crippen MR) is 60.4 cm³/mol. The molecule has 0 saturated heterocycles. The van der Waals surface area contributed by atoms with Crippen LogP contribution in [0.25, 0.3) is 0 Å². The minimum absolute atomic E-state index is 0.116. The van der Waals surface area contributed by atoms with Gasteiger partial charge in [-0.15, -0.1) is 0 Å². The highest BCUT2D eigenvalue weighted by atomic mass is 35.5. The SMILES string of the molecule is CC(=O)NCCC(=O)Oc1ccccc1Cl. The molecule has 86 valence electrons. The van der Waals surface area contributed by atoms with Crippen LogP contribution in [0.1, 0.15) is 13.3 Å². The van der Waals surface area contributed by atoms with E-state index in [4.69, 9.17) is 16.3 Å². The molecule has 0 atom stereocenters. The lowest BCUT2D eigenvalue weighted by molar-refractivity contribution is -0.134. The van der Waals surface area contributed by atoms with Crippen LogP contribution in [0.5, 0.6) is 5.75 Å². The minimum atomic E-state index is -0.429. The Morgan fingerprint density at radius 1 is 1.38 bits per heavy atom. The van der Waals surface area contributed by atoms with Crippen molar-refractivity contribution < 1.29 is 14.3 Å². The Balaban J connectivity index is 2.40. The monoisotopic (exact) mass is 241 g/mol. The summed E-state index contributed by atoms with van der Waals surface area (Å²) in [5.41, 5.74) is 0. The summed E-state index contributed by atoms with van der Waals surface area (Å²) >= 11 is 5.81. The van der Waals surface area contributed by atoms with Gasteiger partial charge in [-0.25, -0.2) is 0 Å². The summed E-state index contributed by atoms with van der Waals surface area (Å²) in [4.78, 5) is 21.9. The van der Waals surface area contributed by atoms with Crippen molar-refractivity contribution in [3.63, 3.8) is 0 Å². The molecule has 0 aromatic heterocycles. The molecular weight excluding hydrogens is 230 g/mol. The second kappa shape index (κ2) is 6.12. The van der Waals surface area contributed by atoms with Crippen LogP contribution in [-0.4, -0.2) is 18.4 Å². The smallest absolute Gasteiger partial charge is 0.313 e. The first-order valence-corrected chi connectivity index (χ1v) is 5.17. The highest BCUT2D eigenvalue weighted by Gasteiger charge is 2.07. The Morgan fingerprint density at radius 3 is 2.69 bits per heavy atom. The average Bonchev–Trinajstić information content (AvgIpc) is 2.21. The number of carbonyl (C=O) groups excluding carboxylic acids is 2. The quantitative estimate of drug-likeness (QED) is 0.646. The lowest BCUT2D eigenvalue weighted by Gasteiger charge is -2.05. The molecule has 0 unspecified atom stereocenters. The Labute approximate surface area is 98.5 Å². The fourth-order valence-corrected chi connectivity index (χ4v) is 1.22. The number of esters is 1. The molecule has 1 aromatic rings. The second-order valence-corrected chi connectivity index (χ2v) is 3.54. The number of para-hydroxylation sites is 1. The molecule has 0 bridgehead atoms. The maximum absolute atomic E-state index is 11.3. The molecule has 0 spiro atoms. The number of hydrogen-bond donors (Lipinski definition) is 1. The summed E-state index contributed by atoms with van der Waals surface area (Å²) in [6, 6.07) is 6.72. The molecule has 0 heterocycles. The Kier molecular flexibility index (Phi) is 4.79. The van der Waals surface area contributed by atoms with Gasteiger partial charge >= 0.3 is 5.97 Å². The molecule has 0 aliphatic carbocycles. The predicted octanol–water partition coefficient (Wildman–Crippen LogP) is 1.77. The van der Waals surface area contributed by atoms with Crippen molar-refractivity contribution in [2.24, 2.45) is 0 Å². The lowest BCUT2D eigenvalue weighted by atomic mass is 10.3. The van der Waals surface area contributed by atoms with Crippen molar-refractivity contribution in [2.75, 3.05) is 6.54 Å². The molecule has 0 saturated carbocycles. The standard InChI is InChI=1S/C11H12ClNO3/c1-8(14)13-7-6-11(15)16-10-5-3-2-4-9(10)12/h2-5H,6-7H2,1H3,(H,13,14). The molecule has 4 nitrogen and oxygen atoms in total. The number of carbonyl (C=O) groups is 2. The number of amides is 1. The summed E-state index contributed by atoms with van der Waals surface area (Å²) in [6.45, 7) is 1.65. The first kappa shape index (κ1) is 12.5. The number of halogens is 1. The highest BCUT2D eigenvalue weighted by molar-refractivity contribution is 6.32. The molecule has 0 radical (unpaired) electrons. The van der Waals surface area contributed by atoms with Crippen LogP contribution >= 0.6 is 11.6 Å². The van der Waals surface area contributed by atoms with E-state index in [0.29, 0.717) is 10.8 Å². The zero-order valence-corrected chi connectivity index (χ0v) is 9.58. The van der Waals surface area contributed by atoms with Crippen molar-refractivity contribution in [2.45, 2.75) is 13.3 Å². The third-order valence-corrected chi connectivity index (χ3v) is 2.08. The van der Waals surface area contributed by atoms with E-state index >= 15 is 0 Å². The third kappa shape index (κ3) is 4.31. The summed E-state index contributed by atoms with van der Waals surface area (Å²) in [7, 11) is 0. The van der Waals surface area contributed by atoms with Gasteiger partial charge in [-0.05, 0) is 12.1 Å². The van der Waals surface area contributed by atoms with E-state index in [1.807, 2.05) is 0 Å². The van der Waals surface area contributed by atoms with Gasteiger partial charge in [0.25, 0.3) is 0 Å². The van der Waals surface area contributed by atoms with E-state index in [1.54, 1.807) is 24.3 Å². The van der Waals surface area contributed by atoms with Gasteiger partial charge in [0.1, 0.15) is 5.75 Å². The summed E-state index contributed by atoms with van der Waals surface area (Å²) in [5.74, 6) is -0.274. The summed E-state index contributed by atoms with van der Waals surface area (Å²) in [6.07, 6.45) is 0.116. The maximum Gasteiger partial charge on any atom is 0.313 e. The summed E-state index contributed by atoms with van der Waals surface area (Å²) < 4.78 is 5.00. The Morgan fingerprint density at radius 2 is 2.06 bits per heavy atom. The fraction of sp³-hybridized carbons (Fsp3) is 0.273. The van der Waals surface area contributed by atoms with Crippen LogP contribution in [0.3, 0.4) is 0 Å². The van der Waals surface area contributed by atoms with E-state index < -0.39 is 5.97 Å². The van der Waals surface area contributed by atoms with Crippen LogP contribution < -0.4 is 10.1 Å². The van der Waals surface area contributed by atoms with Crippen molar-refractivity contribution in [3.8, 4) is 5.75 Å². The van der Waals surface area contributed by atoms with Crippen LogP contribution in [0.2, 0.25) is 5.02 Å². The van der Waals surface area contributed by atoms with E-state index in [-0.39, 0.29) is 18.9 Å². The van der Waals surface area contributed by atoms with Crippen LogP contribution in [-0.2, 0) is 9.59 Å². The normalized spacial score (nSPS) is 9.62. The van der Waals surface area contributed by atoms with Gasteiger partial charge in [0.2, 0.25) is 5.91 Å². The first-order chi connectivity index (χ1) is 7.59. The van der Waals surface area contributed by atoms with E-state index in [1.165, 1.54) is 6.92 Å². The van der Waals surface area contributed by atoms with Crippen molar-refractivity contribution in [3.05, 3.63) is 29.3 Å². The minimum Gasteiger partial charge on any atom is -0.425 e. The van der Waals surface area contributed by atoms with Gasteiger partial charge in [0, 0.05) is 13.5 Å². The Hall–Kier alpha value is -1.55. The molecule has 0 aliphatic rings. The number of nitrogens with one attached hydrogen (secondary N) is 1. The molecule has 5 heteroatoms. The van der Waals surface area contributed by atoms with E-state index in [9.17, 15) is 9.59 Å². The van der Waals surface area contributed by atoms with Gasteiger partial charge in [-0.1, -0.05) is 23.7 Å². The largest absolute Gasteiger partial charge is 0.425 e. The highest BCUT2D eigenvalue weighted by Crippen LogP contribution is 2.23. The molecular formula is C11H12ClNO3. The van der Waals surface area contributed by atoms with Gasteiger partial charge in [-0.2, -0.15) is 0 Å². The number of rotatable bonds is 4. The van der Waals surface area contributed by atoms with Crippen molar-refractivity contribution in [1.82, 2.24) is 5.32 Å². The lowest BCUT2D eigenvalue weighted by Crippen LogP contribution is -2.24. The number of benzene rings is 1. The molecule has 1 aromatic carbocycles. The zero-order valence-electron chi connectivity index (χ0n) is 8.83. The van der Waals surface area contributed by atoms with E-state index in [0.717, 1.165) is 0 Å². The topological polar surface area (TPSA) is 55.4 Å². The number of hydrogen-bond acceptors (Lipinski definition) is 3. The van der Waals surface area contributed by atoms with Crippen LogP contribution in [0.15, 0.2) is 24.3 Å². The Bertz CT molecular complexity index is 393. The van der Waals surface area contributed by atoms with Gasteiger partial charge in [0.15, 0.2) is 0 Å². The van der Waals surface area contributed by atoms with Crippen molar-refractivity contribution >= 4 is 23.5 Å². The molecule has 1 N–H and O–H groups in total. The van der Waals surface area contributed by atoms with E-state index in [2.05, 4.69) is 5.32 Å². The maximum atomic E-state index is 11.3. The first-order valence-electron chi connectivity index (χ1n) is 4.79. The van der Waals surface area contributed by atoms with Crippen LogP contribution in [0, 0.1) is 0 Å².